The van der Waals surface area contributed by atoms with E-state index in [2.05, 4.69) is 82.3 Å². The molecule has 0 atom stereocenters. The Morgan fingerprint density at radius 2 is 1.42 bits per heavy atom. The third kappa shape index (κ3) is 4.55. The van der Waals surface area contributed by atoms with Gasteiger partial charge in [-0.25, -0.2) is 0 Å². The van der Waals surface area contributed by atoms with E-state index in [9.17, 15) is 5.11 Å². The molecule has 162 valence electrons. The number of hydrogen-bond donors (Lipinski definition) is 1. The summed E-state index contributed by atoms with van der Waals surface area (Å²) in [6.07, 6.45) is 2.92. The summed E-state index contributed by atoms with van der Waals surface area (Å²) < 4.78 is 6.10. The first-order valence-electron chi connectivity index (χ1n) is 11.6. The quantitative estimate of drug-likeness (QED) is 0.348. The van der Waals surface area contributed by atoms with Crippen molar-refractivity contribution >= 4 is 0 Å². The van der Waals surface area contributed by atoms with Gasteiger partial charge in [0.05, 0.1) is 6.61 Å². The smallest absolute Gasteiger partial charge is 0.125 e. The zero-order valence-corrected chi connectivity index (χ0v) is 19.2. The Morgan fingerprint density at radius 3 is 2.06 bits per heavy atom. The van der Waals surface area contributed by atoms with Crippen LogP contribution in [0.3, 0.4) is 0 Å². The SMILES string of the molecule is CC(C)Cc1cc(-c2cccc3c2Cc2ccccc2-3)cc(CC(C)C)c1OCCO. The van der Waals surface area contributed by atoms with E-state index in [-0.39, 0.29) is 6.61 Å². The van der Waals surface area contributed by atoms with Crippen LogP contribution < -0.4 is 4.74 Å². The normalized spacial score (nSPS) is 12.4. The minimum Gasteiger partial charge on any atom is -0.491 e. The summed E-state index contributed by atoms with van der Waals surface area (Å²) in [6.45, 7) is 9.38. The first-order chi connectivity index (χ1) is 15.0. The molecule has 1 aliphatic carbocycles. The molecule has 2 heteroatoms. The van der Waals surface area contributed by atoms with E-state index in [1.807, 2.05) is 0 Å². The first kappa shape index (κ1) is 21.6. The van der Waals surface area contributed by atoms with Gasteiger partial charge in [-0.15, -0.1) is 0 Å². The zero-order chi connectivity index (χ0) is 22.0. The maximum atomic E-state index is 9.37. The minimum absolute atomic E-state index is 0.0362. The average Bonchev–Trinajstić information content (AvgIpc) is 3.11. The van der Waals surface area contributed by atoms with Gasteiger partial charge in [-0.05, 0) is 87.7 Å². The molecule has 0 unspecified atom stereocenters. The molecule has 0 radical (unpaired) electrons. The van der Waals surface area contributed by atoms with E-state index in [0.29, 0.717) is 18.4 Å². The highest BCUT2D eigenvalue weighted by atomic mass is 16.5. The van der Waals surface area contributed by atoms with Crippen LogP contribution in [0.15, 0.2) is 54.6 Å². The number of rotatable bonds is 8. The number of aliphatic hydroxyl groups is 1. The predicted octanol–water partition coefficient (Wildman–Crippen LogP) is 6.69. The molecule has 0 heterocycles. The zero-order valence-electron chi connectivity index (χ0n) is 19.2. The van der Waals surface area contributed by atoms with E-state index in [0.717, 1.165) is 25.0 Å². The summed E-state index contributed by atoms with van der Waals surface area (Å²) in [5.74, 6) is 2.05. The monoisotopic (exact) mass is 414 g/mol. The van der Waals surface area contributed by atoms with Crippen LogP contribution >= 0.6 is 0 Å². The van der Waals surface area contributed by atoms with Crippen molar-refractivity contribution in [3.05, 3.63) is 76.9 Å². The third-order valence-electron chi connectivity index (χ3n) is 6.00. The lowest BCUT2D eigenvalue weighted by Crippen LogP contribution is -2.10. The Balaban J connectivity index is 1.86. The number of ether oxygens (including phenoxy) is 1. The highest BCUT2D eigenvalue weighted by Crippen LogP contribution is 2.43. The molecular weight excluding hydrogens is 380 g/mol. The number of hydrogen-bond acceptors (Lipinski definition) is 2. The second-order valence-corrected chi connectivity index (χ2v) is 9.56. The second kappa shape index (κ2) is 9.28. The molecule has 0 bridgehead atoms. The molecule has 0 saturated carbocycles. The van der Waals surface area contributed by atoms with Gasteiger partial charge in [0, 0.05) is 0 Å². The van der Waals surface area contributed by atoms with Gasteiger partial charge >= 0.3 is 0 Å². The molecule has 0 saturated heterocycles. The van der Waals surface area contributed by atoms with Gasteiger partial charge in [0.1, 0.15) is 12.4 Å². The lowest BCUT2D eigenvalue weighted by Gasteiger charge is -2.21. The van der Waals surface area contributed by atoms with E-state index in [1.54, 1.807) is 0 Å². The van der Waals surface area contributed by atoms with Gasteiger partial charge in [0.2, 0.25) is 0 Å². The minimum atomic E-state index is 0.0362. The number of benzene rings is 3. The van der Waals surface area contributed by atoms with Crippen molar-refractivity contribution in [2.24, 2.45) is 11.8 Å². The Kier molecular flexibility index (Phi) is 6.48. The van der Waals surface area contributed by atoms with Crippen molar-refractivity contribution in [3.63, 3.8) is 0 Å². The maximum Gasteiger partial charge on any atom is 0.125 e. The summed E-state index contributed by atoms with van der Waals surface area (Å²) in [5, 5.41) is 9.37. The second-order valence-electron chi connectivity index (χ2n) is 9.56. The molecule has 1 N–H and O–H groups in total. The Labute approximate surface area is 186 Å². The van der Waals surface area contributed by atoms with E-state index in [1.165, 1.54) is 44.5 Å². The van der Waals surface area contributed by atoms with Crippen LogP contribution in [-0.2, 0) is 19.3 Å². The van der Waals surface area contributed by atoms with Crippen LogP contribution in [0.5, 0.6) is 5.75 Å². The van der Waals surface area contributed by atoms with Gasteiger partial charge in [0.25, 0.3) is 0 Å². The highest BCUT2D eigenvalue weighted by molar-refractivity contribution is 5.85. The average molecular weight is 415 g/mol. The first-order valence-corrected chi connectivity index (χ1v) is 11.6. The van der Waals surface area contributed by atoms with Gasteiger partial charge in [-0.3, -0.25) is 0 Å². The molecule has 1 aliphatic rings. The van der Waals surface area contributed by atoms with Crippen molar-refractivity contribution < 1.29 is 9.84 Å². The fourth-order valence-corrected chi connectivity index (χ4v) is 4.85. The van der Waals surface area contributed by atoms with Crippen molar-refractivity contribution in [1.29, 1.82) is 0 Å². The summed E-state index contributed by atoms with van der Waals surface area (Å²) in [6, 6.07) is 20.1. The van der Waals surface area contributed by atoms with Crippen molar-refractivity contribution in [3.8, 4) is 28.0 Å². The molecule has 3 aromatic carbocycles. The lowest BCUT2D eigenvalue weighted by atomic mass is 9.88. The molecule has 4 rings (SSSR count). The van der Waals surface area contributed by atoms with Crippen LogP contribution in [0, 0.1) is 11.8 Å². The molecular formula is C29H34O2. The van der Waals surface area contributed by atoms with E-state index >= 15 is 0 Å². The van der Waals surface area contributed by atoms with Crippen molar-refractivity contribution in [2.45, 2.75) is 47.0 Å². The van der Waals surface area contributed by atoms with Crippen molar-refractivity contribution in [2.75, 3.05) is 13.2 Å². The van der Waals surface area contributed by atoms with Gasteiger partial charge < -0.3 is 9.84 Å². The standard InChI is InChI=1S/C29H34O2/c1-19(2)14-23-16-22(17-24(15-20(3)4)29(23)31-13-12-30)26-10-7-11-27-25-9-6-5-8-21(25)18-28(26)27/h5-11,16-17,19-20,30H,12-15,18H2,1-4H3. The van der Waals surface area contributed by atoms with Crippen LogP contribution in [0.1, 0.15) is 49.9 Å². The number of aliphatic hydroxyl groups excluding tert-OH is 1. The molecule has 3 aromatic rings. The molecule has 2 nitrogen and oxygen atoms in total. The molecule has 0 spiro atoms. The topological polar surface area (TPSA) is 29.5 Å². The van der Waals surface area contributed by atoms with Crippen LogP contribution in [0.25, 0.3) is 22.3 Å². The summed E-state index contributed by atoms with van der Waals surface area (Å²) in [5.41, 5.74) is 10.7. The summed E-state index contributed by atoms with van der Waals surface area (Å²) >= 11 is 0. The largest absolute Gasteiger partial charge is 0.491 e. The van der Waals surface area contributed by atoms with Crippen LogP contribution in [0.2, 0.25) is 0 Å². The fourth-order valence-electron chi connectivity index (χ4n) is 4.85. The molecule has 0 aliphatic heterocycles. The highest BCUT2D eigenvalue weighted by Gasteiger charge is 2.23. The number of fused-ring (bicyclic) bond motifs is 3. The molecule has 0 amide bonds. The molecule has 0 aromatic heterocycles. The van der Waals surface area contributed by atoms with Gasteiger partial charge in [-0.2, -0.15) is 0 Å². The Morgan fingerprint density at radius 1 is 0.806 bits per heavy atom. The van der Waals surface area contributed by atoms with Gasteiger partial charge in [0.15, 0.2) is 0 Å². The predicted molar refractivity (Wildman–Crippen MR) is 130 cm³/mol. The summed E-state index contributed by atoms with van der Waals surface area (Å²) in [4.78, 5) is 0. The maximum absolute atomic E-state index is 9.37. The molecule has 31 heavy (non-hydrogen) atoms. The van der Waals surface area contributed by atoms with Crippen molar-refractivity contribution in [1.82, 2.24) is 0 Å². The third-order valence-corrected chi connectivity index (χ3v) is 6.00. The van der Waals surface area contributed by atoms with E-state index in [4.69, 9.17) is 4.74 Å². The summed E-state index contributed by atoms with van der Waals surface area (Å²) in [7, 11) is 0. The fraction of sp³-hybridized carbons (Fsp3) is 0.379. The molecule has 0 fully saturated rings. The van der Waals surface area contributed by atoms with Crippen LogP contribution in [-0.4, -0.2) is 18.3 Å². The Hall–Kier alpha value is -2.58. The van der Waals surface area contributed by atoms with Gasteiger partial charge in [-0.1, -0.05) is 70.2 Å². The lowest BCUT2D eigenvalue weighted by molar-refractivity contribution is 0.198. The van der Waals surface area contributed by atoms with E-state index < -0.39 is 0 Å². The van der Waals surface area contributed by atoms with Crippen LogP contribution in [0.4, 0.5) is 0 Å². The Bertz CT molecular complexity index is 1030.